The normalized spacial score (nSPS) is 17.6. The van der Waals surface area contributed by atoms with Gasteiger partial charge in [0, 0.05) is 42.3 Å². The lowest BCUT2D eigenvalue weighted by Crippen LogP contribution is -2.12. The molecule has 6 nitrogen and oxygen atoms in total. The molecule has 0 aliphatic heterocycles. The van der Waals surface area contributed by atoms with E-state index in [1.807, 2.05) is 12.1 Å². The van der Waals surface area contributed by atoms with Crippen LogP contribution in [-0.2, 0) is 16.0 Å². The quantitative estimate of drug-likeness (QED) is 0.543. The van der Waals surface area contributed by atoms with E-state index in [2.05, 4.69) is 22.5 Å². The van der Waals surface area contributed by atoms with Gasteiger partial charge in [0.2, 0.25) is 11.8 Å². The molecule has 1 fully saturated rings. The predicted molar refractivity (Wildman–Crippen MR) is 114 cm³/mol. The molecular weight excluding hydrogens is 405 g/mol. The molecular formula is C22H22FN3O3S. The average Bonchev–Trinajstić information content (AvgIpc) is 3.08. The number of hydrogen-bond acceptors (Lipinski definition) is 5. The Morgan fingerprint density at radius 2 is 2.07 bits per heavy atom. The second kappa shape index (κ2) is 8.39. The van der Waals surface area contributed by atoms with Crippen LogP contribution < -0.4 is 10.6 Å². The molecule has 2 N–H and O–H groups in total. The van der Waals surface area contributed by atoms with E-state index in [1.165, 1.54) is 24.3 Å². The molecule has 1 saturated carbocycles. The van der Waals surface area contributed by atoms with Crippen LogP contribution in [0.2, 0.25) is 0 Å². The van der Waals surface area contributed by atoms with Gasteiger partial charge in [0.1, 0.15) is 17.3 Å². The number of thiazole rings is 1. The van der Waals surface area contributed by atoms with Gasteiger partial charge in [-0.05, 0) is 42.7 Å². The lowest BCUT2D eigenvalue weighted by Gasteiger charge is -2.05. The predicted octanol–water partition coefficient (Wildman–Crippen LogP) is 5.20. The summed E-state index contributed by atoms with van der Waals surface area (Å²) in [6.07, 6.45) is 1.96. The fourth-order valence-electron chi connectivity index (χ4n) is 3.32. The maximum Gasteiger partial charge on any atom is 0.226 e. The topological polar surface area (TPSA) is 84.2 Å². The molecule has 0 spiro atoms. The first-order valence-corrected chi connectivity index (χ1v) is 10.7. The summed E-state index contributed by atoms with van der Waals surface area (Å²) in [5.41, 5.74) is 1.11. The van der Waals surface area contributed by atoms with Gasteiger partial charge in [-0.1, -0.05) is 6.92 Å². The fourth-order valence-corrected chi connectivity index (χ4v) is 4.05. The molecule has 2 amide bonds. The Bertz CT molecular complexity index is 1090. The van der Waals surface area contributed by atoms with Crippen LogP contribution in [0.25, 0.3) is 11.3 Å². The Hall–Kier alpha value is -3.00. The number of amides is 2. The summed E-state index contributed by atoms with van der Waals surface area (Å²) < 4.78 is 20.2. The van der Waals surface area contributed by atoms with Gasteiger partial charge in [-0.3, -0.25) is 9.59 Å². The van der Waals surface area contributed by atoms with Crippen molar-refractivity contribution in [3.8, 4) is 11.3 Å². The first-order chi connectivity index (χ1) is 14.4. The number of hydrogen-bond donors (Lipinski definition) is 2. The van der Waals surface area contributed by atoms with Gasteiger partial charge in [-0.15, -0.1) is 11.3 Å². The number of rotatable bonds is 7. The lowest BCUT2D eigenvalue weighted by atomic mass is 10.1. The minimum atomic E-state index is -0.497. The second-order valence-electron chi connectivity index (χ2n) is 7.59. The van der Waals surface area contributed by atoms with Crippen LogP contribution in [0.15, 0.2) is 40.1 Å². The molecule has 2 heterocycles. The highest BCUT2D eigenvalue weighted by Crippen LogP contribution is 2.47. The van der Waals surface area contributed by atoms with E-state index in [1.54, 1.807) is 17.5 Å². The monoisotopic (exact) mass is 427 g/mol. The number of aryl methyl sites for hydroxylation is 1. The minimum absolute atomic E-state index is 0.171. The standard InChI is InChI=1S/C22H22FN3O3S/c1-12-9-17(12)20-7-4-15(29-20)5-8-21(28)26-22-25-19(11-30-22)16-6-3-14(10-18(16)23)24-13(2)27/h3-4,6-7,10-12,17H,5,8-9H2,1-2H3,(H,24,27)(H,25,26,28). The maximum atomic E-state index is 14.4. The molecule has 2 atom stereocenters. The van der Waals surface area contributed by atoms with E-state index in [0.717, 1.165) is 17.9 Å². The van der Waals surface area contributed by atoms with E-state index in [-0.39, 0.29) is 18.2 Å². The third-order valence-electron chi connectivity index (χ3n) is 5.07. The molecule has 0 saturated heterocycles. The highest BCUT2D eigenvalue weighted by atomic mass is 32.1. The van der Waals surface area contributed by atoms with Crippen molar-refractivity contribution in [2.75, 3.05) is 10.6 Å². The van der Waals surface area contributed by atoms with Crippen LogP contribution in [0, 0.1) is 11.7 Å². The lowest BCUT2D eigenvalue weighted by molar-refractivity contribution is -0.116. The summed E-state index contributed by atoms with van der Waals surface area (Å²) in [6, 6.07) is 8.34. The van der Waals surface area contributed by atoms with Gasteiger partial charge in [0.15, 0.2) is 5.13 Å². The van der Waals surface area contributed by atoms with Gasteiger partial charge < -0.3 is 15.1 Å². The molecule has 2 aromatic heterocycles. The van der Waals surface area contributed by atoms with Crippen molar-refractivity contribution in [1.82, 2.24) is 4.98 Å². The number of carbonyl (C=O) groups is 2. The molecule has 2 unspecified atom stereocenters. The zero-order valence-electron chi connectivity index (χ0n) is 16.7. The van der Waals surface area contributed by atoms with Crippen LogP contribution >= 0.6 is 11.3 Å². The Kier molecular flexibility index (Phi) is 5.67. The van der Waals surface area contributed by atoms with E-state index in [4.69, 9.17) is 4.42 Å². The smallest absolute Gasteiger partial charge is 0.226 e. The molecule has 8 heteroatoms. The molecule has 30 heavy (non-hydrogen) atoms. The number of anilines is 2. The van der Waals surface area contributed by atoms with E-state index >= 15 is 0 Å². The van der Waals surface area contributed by atoms with Crippen molar-refractivity contribution in [2.24, 2.45) is 5.92 Å². The third-order valence-corrected chi connectivity index (χ3v) is 5.83. The highest BCUT2D eigenvalue weighted by molar-refractivity contribution is 7.14. The van der Waals surface area contributed by atoms with Gasteiger partial charge in [-0.25, -0.2) is 9.37 Å². The molecule has 1 aromatic carbocycles. The zero-order chi connectivity index (χ0) is 21.3. The van der Waals surface area contributed by atoms with Gasteiger partial charge >= 0.3 is 0 Å². The average molecular weight is 428 g/mol. The van der Waals surface area contributed by atoms with Crippen LogP contribution in [0.1, 0.15) is 44.1 Å². The Balaban J connectivity index is 1.33. The summed E-state index contributed by atoms with van der Waals surface area (Å²) >= 11 is 1.23. The van der Waals surface area contributed by atoms with Crippen LogP contribution in [0.4, 0.5) is 15.2 Å². The van der Waals surface area contributed by atoms with Crippen LogP contribution in [-0.4, -0.2) is 16.8 Å². The van der Waals surface area contributed by atoms with Gasteiger partial charge in [0.05, 0.1) is 5.69 Å². The Morgan fingerprint density at radius 1 is 1.27 bits per heavy atom. The second-order valence-corrected chi connectivity index (χ2v) is 8.44. The van der Waals surface area contributed by atoms with Crippen molar-refractivity contribution < 1.29 is 18.4 Å². The fraction of sp³-hybridized carbons (Fsp3) is 0.318. The van der Waals surface area contributed by atoms with E-state index < -0.39 is 5.82 Å². The number of nitrogens with zero attached hydrogens (tertiary/aromatic N) is 1. The summed E-state index contributed by atoms with van der Waals surface area (Å²) in [5, 5.41) is 7.38. The molecule has 0 bridgehead atoms. The largest absolute Gasteiger partial charge is 0.466 e. The van der Waals surface area contributed by atoms with Crippen molar-refractivity contribution in [3.63, 3.8) is 0 Å². The minimum Gasteiger partial charge on any atom is -0.466 e. The zero-order valence-corrected chi connectivity index (χ0v) is 17.5. The molecule has 0 radical (unpaired) electrons. The molecule has 3 aromatic rings. The Morgan fingerprint density at radius 3 is 2.77 bits per heavy atom. The maximum absolute atomic E-state index is 14.4. The summed E-state index contributed by atoms with van der Waals surface area (Å²) in [7, 11) is 0. The van der Waals surface area contributed by atoms with Crippen molar-refractivity contribution in [1.29, 1.82) is 0 Å². The number of furan rings is 1. The molecule has 1 aliphatic carbocycles. The van der Waals surface area contributed by atoms with Crippen LogP contribution in [0.3, 0.4) is 0 Å². The van der Waals surface area contributed by atoms with Crippen molar-refractivity contribution in [2.45, 2.75) is 39.0 Å². The number of halogens is 1. The summed E-state index contributed by atoms with van der Waals surface area (Å²) in [6.45, 7) is 3.56. The van der Waals surface area contributed by atoms with Gasteiger partial charge in [-0.2, -0.15) is 0 Å². The SMILES string of the molecule is CC(=O)Nc1ccc(-c2csc(NC(=O)CCc3ccc(C4CC4C)o3)n2)c(F)c1. The van der Waals surface area contributed by atoms with Gasteiger partial charge in [0.25, 0.3) is 0 Å². The molecule has 156 valence electrons. The number of benzene rings is 1. The number of carbonyl (C=O) groups excluding carboxylic acids is 2. The van der Waals surface area contributed by atoms with E-state index in [9.17, 15) is 14.0 Å². The third kappa shape index (κ3) is 4.76. The van der Waals surface area contributed by atoms with E-state index in [0.29, 0.717) is 40.3 Å². The number of aromatic nitrogens is 1. The molecule has 1 aliphatic rings. The molecule has 4 rings (SSSR count). The van der Waals surface area contributed by atoms with Crippen molar-refractivity contribution >= 4 is 34.0 Å². The van der Waals surface area contributed by atoms with Crippen molar-refractivity contribution in [3.05, 3.63) is 53.0 Å². The number of nitrogens with one attached hydrogen (secondary N) is 2. The Labute approximate surface area is 177 Å². The summed E-state index contributed by atoms with van der Waals surface area (Å²) in [4.78, 5) is 27.6. The van der Waals surface area contributed by atoms with Crippen LogP contribution in [0.5, 0.6) is 0 Å². The highest BCUT2D eigenvalue weighted by Gasteiger charge is 2.36. The first kappa shape index (κ1) is 20.3. The summed E-state index contributed by atoms with van der Waals surface area (Å²) in [5.74, 6) is 2.08. The first-order valence-electron chi connectivity index (χ1n) is 9.80.